The first-order chi connectivity index (χ1) is 27.1. The summed E-state index contributed by atoms with van der Waals surface area (Å²) in [4.78, 5) is 24.9. The van der Waals surface area contributed by atoms with E-state index in [4.69, 9.17) is 18.5 Å². The van der Waals surface area contributed by atoms with Gasteiger partial charge in [0.1, 0.15) is 19.3 Å². The number of nitrogens with zero attached hydrogens (tertiary/aromatic N) is 1. The van der Waals surface area contributed by atoms with Gasteiger partial charge in [0.15, 0.2) is 0 Å². The molecule has 0 rings (SSSR count). The minimum Gasteiger partial charge on any atom is -0.756 e. The molecule has 8 nitrogen and oxygen atoms in total. The smallest absolute Gasteiger partial charge is 0.306 e. The summed E-state index contributed by atoms with van der Waals surface area (Å²) in [6, 6.07) is 0. The molecule has 0 aliphatic carbocycles. The number of ether oxygens (including phenoxy) is 2. The second-order valence-electron chi connectivity index (χ2n) is 15.0. The SMILES string of the molecule is CC/C=C\C/C=C\C/C=C\C/C=C\C/C=C\C/C=C\C/C=C\CCCCOCC(COP(=O)([O-])OCC[N+](C)(C)C)OC(=O)CCCCCCC/C=C\CCC. The molecule has 0 bridgehead atoms. The van der Waals surface area contributed by atoms with Gasteiger partial charge in [-0.05, 0) is 89.9 Å². The normalized spacial score (nSPS) is 14.8. The van der Waals surface area contributed by atoms with Crippen LogP contribution in [0.4, 0.5) is 0 Å². The van der Waals surface area contributed by atoms with Crippen molar-refractivity contribution in [2.24, 2.45) is 0 Å². The number of phosphoric acid groups is 1. The monoisotopic (exact) mass is 802 g/mol. The van der Waals surface area contributed by atoms with Crippen LogP contribution in [0.5, 0.6) is 0 Å². The van der Waals surface area contributed by atoms with Crippen LogP contribution < -0.4 is 4.89 Å². The number of allylic oxidation sites excluding steroid dienone is 16. The first kappa shape index (κ1) is 53.4. The average molecular weight is 802 g/mol. The van der Waals surface area contributed by atoms with E-state index in [1.54, 1.807) is 0 Å². The lowest BCUT2D eigenvalue weighted by Gasteiger charge is -2.28. The highest BCUT2D eigenvalue weighted by Gasteiger charge is 2.20. The zero-order valence-corrected chi connectivity index (χ0v) is 36.9. The van der Waals surface area contributed by atoms with Crippen molar-refractivity contribution in [3.63, 3.8) is 0 Å². The van der Waals surface area contributed by atoms with E-state index in [0.29, 0.717) is 17.6 Å². The fourth-order valence-electron chi connectivity index (χ4n) is 5.06. The summed E-state index contributed by atoms with van der Waals surface area (Å²) in [7, 11) is 1.30. The van der Waals surface area contributed by atoms with Crippen molar-refractivity contribution >= 4 is 13.8 Å². The number of quaternary nitrogens is 1. The highest BCUT2D eigenvalue weighted by molar-refractivity contribution is 7.45. The summed E-state index contributed by atoms with van der Waals surface area (Å²) >= 11 is 0. The number of unbranched alkanes of at least 4 members (excludes halogenated alkanes) is 8. The molecule has 9 heteroatoms. The molecular formula is C47H80NO7P. The van der Waals surface area contributed by atoms with Crippen LogP contribution in [0.2, 0.25) is 0 Å². The summed E-state index contributed by atoms with van der Waals surface area (Å²) in [5.41, 5.74) is 0. The van der Waals surface area contributed by atoms with Gasteiger partial charge in [-0.1, -0.05) is 137 Å². The number of phosphoric ester groups is 1. The minimum absolute atomic E-state index is 0.0100. The van der Waals surface area contributed by atoms with Crippen LogP contribution in [0.25, 0.3) is 0 Å². The molecule has 0 aromatic carbocycles. The highest BCUT2D eigenvalue weighted by Crippen LogP contribution is 2.38. The number of esters is 1. The van der Waals surface area contributed by atoms with E-state index >= 15 is 0 Å². The van der Waals surface area contributed by atoms with Crippen molar-refractivity contribution in [1.82, 2.24) is 0 Å². The Morgan fingerprint density at radius 2 is 1.04 bits per heavy atom. The van der Waals surface area contributed by atoms with Gasteiger partial charge in [0, 0.05) is 13.0 Å². The van der Waals surface area contributed by atoms with Crippen LogP contribution in [0.3, 0.4) is 0 Å². The first-order valence-corrected chi connectivity index (χ1v) is 22.9. The maximum Gasteiger partial charge on any atom is 0.306 e. The lowest BCUT2D eigenvalue weighted by molar-refractivity contribution is -0.870. The molecule has 0 spiro atoms. The molecule has 2 unspecified atom stereocenters. The van der Waals surface area contributed by atoms with Crippen LogP contribution in [-0.2, 0) is 27.9 Å². The third-order valence-corrected chi connectivity index (χ3v) is 9.31. The highest BCUT2D eigenvalue weighted by atomic mass is 31.2. The quantitative estimate of drug-likeness (QED) is 0.0202. The number of rotatable bonds is 38. The van der Waals surface area contributed by atoms with Crippen molar-refractivity contribution in [3.05, 3.63) is 97.2 Å². The largest absolute Gasteiger partial charge is 0.756 e. The van der Waals surface area contributed by atoms with Crippen molar-refractivity contribution in [3.8, 4) is 0 Å². The molecule has 0 saturated carbocycles. The summed E-state index contributed by atoms with van der Waals surface area (Å²) in [5, 5.41) is 0. The van der Waals surface area contributed by atoms with E-state index < -0.39 is 13.9 Å². The van der Waals surface area contributed by atoms with Crippen molar-refractivity contribution < 1.29 is 37.3 Å². The van der Waals surface area contributed by atoms with Crippen molar-refractivity contribution in [1.29, 1.82) is 0 Å². The standard InChI is InChI=1S/C47H80NO7P/c1-6-8-10-12-14-16-18-19-20-21-22-23-24-25-26-27-28-29-30-31-33-35-37-39-42-52-44-46(45-54-56(50,51)53-43-41-48(3,4)5)55-47(49)40-38-36-34-32-17-15-13-11-9-7-2/h8,10-11,13-14,16,19-20,22-23,25-26,28-29,31,33,46H,6-7,9,12,15,17-18,21,24,27,30,32,34-45H2,1-5H3/b10-8-,13-11-,16-14-,20-19-,23-22-,26-25-,29-28-,33-31-. The zero-order valence-electron chi connectivity index (χ0n) is 36.0. The Morgan fingerprint density at radius 3 is 1.57 bits per heavy atom. The first-order valence-electron chi connectivity index (χ1n) is 21.5. The number of carbonyl (C=O) groups is 1. The van der Waals surface area contributed by atoms with E-state index in [9.17, 15) is 14.3 Å². The summed E-state index contributed by atoms with van der Waals surface area (Å²) in [6.07, 6.45) is 53.0. The van der Waals surface area contributed by atoms with Gasteiger partial charge in [0.25, 0.3) is 7.82 Å². The van der Waals surface area contributed by atoms with E-state index in [1.165, 1.54) is 6.42 Å². The molecule has 0 heterocycles. The predicted octanol–water partition coefficient (Wildman–Crippen LogP) is 12.0. The number of hydrogen-bond donors (Lipinski definition) is 0. The van der Waals surface area contributed by atoms with Crippen LogP contribution >= 0.6 is 7.82 Å². The Kier molecular flexibility index (Phi) is 37.4. The van der Waals surface area contributed by atoms with E-state index in [1.807, 2.05) is 21.1 Å². The molecule has 56 heavy (non-hydrogen) atoms. The van der Waals surface area contributed by atoms with Crippen molar-refractivity contribution in [2.75, 3.05) is 54.1 Å². The van der Waals surface area contributed by atoms with E-state index in [0.717, 1.165) is 109 Å². The molecule has 0 aromatic heterocycles. The third kappa shape index (κ3) is 42.6. The average Bonchev–Trinajstić information content (AvgIpc) is 3.15. The summed E-state index contributed by atoms with van der Waals surface area (Å²) < 4.78 is 34.4. The molecule has 320 valence electrons. The molecule has 0 aromatic rings. The lowest BCUT2D eigenvalue weighted by atomic mass is 10.1. The van der Waals surface area contributed by atoms with Gasteiger partial charge in [-0.15, -0.1) is 0 Å². The van der Waals surface area contributed by atoms with Crippen LogP contribution in [0, 0.1) is 0 Å². The fourth-order valence-corrected chi connectivity index (χ4v) is 5.78. The predicted molar refractivity (Wildman–Crippen MR) is 235 cm³/mol. The second-order valence-corrected chi connectivity index (χ2v) is 16.4. The van der Waals surface area contributed by atoms with Gasteiger partial charge in [0.05, 0.1) is 34.4 Å². The topological polar surface area (TPSA) is 94.1 Å². The number of carbonyl (C=O) groups excluding carboxylic acids is 1. The van der Waals surface area contributed by atoms with Gasteiger partial charge < -0.3 is 27.9 Å². The Labute approximate surface area is 343 Å². The molecule has 0 aliphatic rings. The molecule has 0 aliphatic heterocycles. The van der Waals surface area contributed by atoms with Gasteiger partial charge in [-0.3, -0.25) is 9.36 Å². The molecule has 0 saturated heterocycles. The third-order valence-electron chi connectivity index (χ3n) is 8.35. The Balaban J connectivity index is 4.30. The van der Waals surface area contributed by atoms with E-state index in [2.05, 4.69) is 111 Å². The van der Waals surface area contributed by atoms with Gasteiger partial charge in [-0.2, -0.15) is 0 Å². The lowest BCUT2D eigenvalue weighted by Crippen LogP contribution is -2.37. The molecule has 0 fully saturated rings. The molecule has 0 N–H and O–H groups in total. The van der Waals surface area contributed by atoms with Gasteiger partial charge >= 0.3 is 5.97 Å². The number of likely N-dealkylation sites (N-methyl/N-ethyl adjacent to an activating group) is 1. The Morgan fingerprint density at radius 1 is 0.571 bits per heavy atom. The van der Waals surface area contributed by atoms with Gasteiger partial charge in [-0.25, -0.2) is 0 Å². The molecule has 0 amide bonds. The van der Waals surface area contributed by atoms with Crippen LogP contribution in [0.1, 0.15) is 136 Å². The van der Waals surface area contributed by atoms with Gasteiger partial charge in [0.2, 0.25) is 0 Å². The van der Waals surface area contributed by atoms with E-state index in [-0.39, 0.29) is 32.2 Å². The van der Waals surface area contributed by atoms with Crippen LogP contribution in [0.15, 0.2) is 97.2 Å². The number of hydrogen-bond acceptors (Lipinski definition) is 7. The van der Waals surface area contributed by atoms with Crippen molar-refractivity contribution in [2.45, 2.75) is 142 Å². The molecule has 0 radical (unpaired) electrons. The molecular weight excluding hydrogens is 721 g/mol. The minimum atomic E-state index is -4.54. The summed E-state index contributed by atoms with van der Waals surface area (Å²) in [5.74, 6) is -0.367. The fraction of sp³-hybridized carbons (Fsp3) is 0.638. The molecule has 2 atom stereocenters. The maximum atomic E-state index is 12.6. The van der Waals surface area contributed by atoms with Crippen LogP contribution in [-0.4, -0.2) is 70.7 Å². The summed E-state index contributed by atoms with van der Waals surface area (Å²) in [6.45, 7) is 5.06. The zero-order chi connectivity index (χ0) is 41.3. The Hall–Kier alpha value is -2.58. The Bertz CT molecular complexity index is 1210. The maximum absolute atomic E-state index is 12.6. The second kappa shape index (κ2) is 39.3.